The van der Waals surface area contributed by atoms with Crippen molar-refractivity contribution in [2.45, 2.75) is 51.0 Å². The van der Waals surface area contributed by atoms with Crippen molar-refractivity contribution in [1.29, 1.82) is 0 Å². The number of carbonyl (C=O) groups excluding carboxylic acids is 1. The fraction of sp³-hybridized carbons (Fsp3) is 0.278. The Morgan fingerprint density at radius 1 is 1.00 bits per heavy atom. The van der Waals surface area contributed by atoms with Crippen LogP contribution in [0.2, 0.25) is 10.0 Å². The van der Waals surface area contributed by atoms with Crippen LogP contribution in [0, 0.1) is 16.9 Å². The summed E-state index contributed by atoms with van der Waals surface area (Å²) in [7, 11) is 0. The lowest BCUT2D eigenvalue weighted by molar-refractivity contribution is -0.605. The maximum atomic E-state index is 14.3. The molecule has 1 aliphatic carbocycles. The maximum absolute atomic E-state index is 14.3. The van der Waals surface area contributed by atoms with E-state index in [9.17, 15) is 33.1 Å². The van der Waals surface area contributed by atoms with Gasteiger partial charge >= 0.3 is 18.6 Å². The number of nitrogens with zero attached hydrogens (tertiary/aromatic N) is 1. The Morgan fingerprint density at radius 2 is 1.67 bits per heavy atom. The molecule has 0 radical (unpaired) electrons. The van der Waals surface area contributed by atoms with Crippen LogP contribution in [0.1, 0.15) is 52.8 Å². The van der Waals surface area contributed by atoms with Crippen molar-refractivity contribution in [3.8, 4) is 11.5 Å². The highest BCUT2D eigenvalue weighted by molar-refractivity contribution is 6.35. The quantitative estimate of drug-likeness (QED) is 0.0477. The van der Waals surface area contributed by atoms with Crippen LogP contribution < -0.4 is 19.5 Å². The van der Waals surface area contributed by atoms with Crippen molar-refractivity contribution in [1.82, 2.24) is 5.32 Å². The van der Waals surface area contributed by atoms with Gasteiger partial charge in [0.1, 0.15) is 28.0 Å². The lowest BCUT2D eigenvalue weighted by Gasteiger charge is -2.21. The van der Waals surface area contributed by atoms with Crippen LogP contribution in [-0.4, -0.2) is 41.8 Å². The van der Waals surface area contributed by atoms with Gasteiger partial charge in [-0.05, 0) is 53.6 Å². The van der Waals surface area contributed by atoms with E-state index in [2.05, 4.69) is 10.1 Å². The molecule has 1 saturated carbocycles. The van der Waals surface area contributed by atoms with Crippen LogP contribution in [0.25, 0.3) is 0 Å². The molecule has 3 N–H and O–H groups in total. The zero-order valence-electron chi connectivity index (χ0n) is 27.2. The van der Waals surface area contributed by atoms with Crippen molar-refractivity contribution in [2.75, 3.05) is 6.61 Å². The number of benzene rings is 3. The molecule has 276 valence electrons. The second-order valence-corrected chi connectivity index (χ2v) is 12.4. The molecule has 0 bridgehead atoms. The third-order valence-electron chi connectivity index (χ3n) is 7.76. The van der Waals surface area contributed by atoms with E-state index >= 15 is 0 Å². The molecule has 1 unspecified atom stereocenters. The Labute approximate surface area is 306 Å². The Morgan fingerprint density at radius 3 is 2.31 bits per heavy atom. The fourth-order valence-corrected chi connectivity index (χ4v) is 5.74. The predicted octanol–water partition coefficient (Wildman–Crippen LogP) is 6.84. The first-order chi connectivity index (χ1) is 24.9. The van der Waals surface area contributed by atoms with Crippen LogP contribution >= 0.6 is 23.2 Å². The minimum atomic E-state index is -3.09. The van der Waals surface area contributed by atoms with Crippen LogP contribution in [0.15, 0.2) is 79.1 Å². The number of ether oxygens (including phenoxy) is 3. The van der Waals surface area contributed by atoms with Gasteiger partial charge < -0.3 is 29.6 Å². The van der Waals surface area contributed by atoms with E-state index in [1.807, 2.05) is 0 Å². The third-order valence-corrected chi connectivity index (χ3v) is 8.41. The lowest BCUT2D eigenvalue weighted by Crippen LogP contribution is -2.29. The maximum Gasteiger partial charge on any atom is 0.387 e. The summed E-state index contributed by atoms with van der Waals surface area (Å²) in [5.41, 5.74) is 1.85. The van der Waals surface area contributed by atoms with Crippen molar-refractivity contribution >= 4 is 41.6 Å². The van der Waals surface area contributed by atoms with E-state index in [4.69, 9.17) is 42.6 Å². The van der Waals surface area contributed by atoms with Crippen molar-refractivity contribution in [3.63, 3.8) is 0 Å². The predicted molar refractivity (Wildman–Crippen MR) is 182 cm³/mol. The highest BCUT2D eigenvalue weighted by Crippen LogP contribution is 2.38. The third kappa shape index (κ3) is 11.8. The number of nitrogens with one attached hydrogen (secondary N) is 1. The second-order valence-electron chi connectivity index (χ2n) is 11.6. The molecule has 2 atom stereocenters. The normalized spacial score (nSPS) is 13.3. The molecule has 5 rings (SSSR count). The van der Waals surface area contributed by atoms with Gasteiger partial charge in [0.05, 0.1) is 13.0 Å². The molecule has 1 aliphatic rings. The van der Waals surface area contributed by atoms with Crippen molar-refractivity contribution < 1.29 is 56.7 Å². The highest BCUT2D eigenvalue weighted by atomic mass is 35.5. The topological polar surface area (TPSA) is 158 Å². The summed E-state index contributed by atoms with van der Waals surface area (Å²) in [6, 6.07) is 15.3. The number of aromatic nitrogens is 1. The smallest absolute Gasteiger partial charge is 0.387 e. The van der Waals surface area contributed by atoms with E-state index < -0.39 is 36.5 Å². The molecule has 3 aromatic carbocycles. The Hall–Kier alpha value is -5.05. The molecule has 52 heavy (non-hydrogen) atoms. The first kappa shape index (κ1) is 39.7. The van der Waals surface area contributed by atoms with Gasteiger partial charge in [-0.2, -0.15) is 13.5 Å². The lowest BCUT2D eigenvalue weighted by atomic mass is 10.0. The number of carboxylic acid groups (broad SMARTS) is 2. The number of carboxylic acids is 1. The summed E-state index contributed by atoms with van der Waals surface area (Å²) in [5, 5.41) is 31.3. The number of hydrogen-bond donors (Lipinski definition) is 3. The number of hydrogen-bond acceptors (Lipinski definition) is 8. The summed E-state index contributed by atoms with van der Waals surface area (Å²) in [6.45, 7) is -2.99. The summed E-state index contributed by atoms with van der Waals surface area (Å²) in [6.07, 6.45) is 2.80. The molecule has 0 saturated heterocycles. The fourth-order valence-electron chi connectivity index (χ4n) is 5.14. The molecule has 4 aromatic rings. The van der Waals surface area contributed by atoms with E-state index in [0.717, 1.165) is 25.2 Å². The summed E-state index contributed by atoms with van der Waals surface area (Å²) < 4.78 is 57.4. The number of alkyl halides is 2. The number of aliphatic carboxylic acids is 1. The molecular weight excluding hydrogens is 732 g/mol. The first-order valence-corrected chi connectivity index (χ1v) is 16.5. The number of carbonyl (C=O) groups is 3. The number of halogens is 5. The first-order valence-electron chi connectivity index (χ1n) is 15.7. The van der Waals surface area contributed by atoms with Gasteiger partial charge in [-0.3, -0.25) is 19.7 Å². The van der Waals surface area contributed by atoms with Gasteiger partial charge in [0, 0.05) is 24.1 Å². The molecule has 0 aliphatic heterocycles. The van der Waals surface area contributed by atoms with Gasteiger partial charge in [-0.25, -0.2) is 4.39 Å². The van der Waals surface area contributed by atoms with Crippen LogP contribution in [-0.2, 0) is 38.5 Å². The highest BCUT2D eigenvalue weighted by Gasteiger charge is 2.27. The van der Waals surface area contributed by atoms with E-state index in [1.54, 1.807) is 30.3 Å². The summed E-state index contributed by atoms with van der Waals surface area (Å²) >= 11 is 12.7. The molecule has 11 nitrogen and oxygen atoms in total. The average molecular weight is 766 g/mol. The zero-order valence-corrected chi connectivity index (χ0v) is 28.7. The Balaban J connectivity index is 0.00000195. The van der Waals surface area contributed by atoms with E-state index in [1.165, 1.54) is 36.4 Å². The average Bonchev–Trinajstić information content (AvgIpc) is 3.91. The molecule has 1 fully saturated rings. The Bertz CT molecular complexity index is 1840. The molecular formula is C36H33Cl2F3N2O9. The van der Waals surface area contributed by atoms with Crippen molar-refractivity contribution in [3.05, 3.63) is 128 Å². The minimum absolute atomic E-state index is 0.0145. The van der Waals surface area contributed by atoms with Gasteiger partial charge in [0.15, 0.2) is 23.9 Å². The molecule has 1 heterocycles. The van der Waals surface area contributed by atoms with Crippen molar-refractivity contribution in [2.24, 2.45) is 5.92 Å². The van der Waals surface area contributed by atoms with Gasteiger partial charge in [0.2, 0.25) is 0 Å². The number of rotatable bonds is 16. The van der Waals surface area contributed by atoms with E-state index in [-0.39, 0.29) is 53.0 Å². The van der Waals surface area contributed by atoms with Gasteiger partial charge in [0.25, 0.3) is 6.47 Å². The molecule has 0 spiro atoms. The number of pyridine rings is 1. The molecule has 1 aromatic heterocycles. The summed E-state index contributed by atoms with van der Waals surface area (Å²) in [4.78, 5) is 33.6. The standard InChI is InChI=1S/C35H31Cl2F3N2O7.CH2O2/c36-26-17-42(46)18-27(37)25(26)15-30(23-10-11-29(49-35(39)40)31(14-23)47-19-20-8-9-20)48-32(43)13-21-4-3-5-22(12-21)16-41-33(34(44)45)24-6-1-2-7-28(24)38;2-1-3/h1-7,10-12,14,17-18,20,30,33,35,41H,8-9,13,15-16,19H2,(H,44,45);1H,(H,2,3)/t30-,33?;/m0./s1. The van der Waals surface area contributed by atoms with Crippen LogP contribution in [0.4, 0.5) is 13.2 Å². The molecule has 16 heteroatoms. The van der Waals surface area contributed by atoms with Crippen LogP contribution in [0.3, 0.4) is 0 Å². The van der Waals surface area contributed by atoms with E-state index in [0.29, 0.717) is 39.5 Å². The van der Waals surface area contributed by atoms with Crippen LogP contribution in [0.5, 0.6) is 11.5 Å². The zero-order chi connectivity index (χ0) is 37.8. The second kappa shape index (κ2) is 19.0. The minimum Gasteiger partial charge on any atom is -0.619 e. The summed E-state index contributed by atoms with van der Waals surface area (Å²) in [5.74, 6) is -2.41. The largest absolute Gasteiger partial charge is 0.619 e. The monoisotopic (exact) mass is 764 g/mol. The van der Waals surface area contributed by atoms with Gasteiger partial charge in [-0.1, -0.05) is 71.7 Å². The van der Waals surface area contributed by atoms with Gasteiger partial charge in [-0.15, -0.1) is 0 Å². The number of esters is 1. The Kier molecular flexibility index (Phi) is 14.5. The molecule has 0 amide bonds. The SMILES string of the molecule is O=C(Cc1cccc(CNC(C(=O)O)c2ccccc2F)c1)O[C@@H](Cc1c(Cl)c[n+]([O-])cc1Cl)c1ccc(OC(F)F)c(OCC2CC2)c1.O=CO.